The molecule has 0 aliphatic rings. The molecule has 0 spiro atoms. The molecular weight excluding hydrogens is 370 g/mol. The lowest BCUT2D eigenvalue weighted by atomic mass is 10.3. The second kappa shape index (κ2) is 6.47. The molecule has 0 aromatic heterocycles. The first-order valence-corrected chi connectivity index (χ1v) is 7.02. The number of hydrogen-bond acceptors (Lipinski definition) is 1. The quantitative estimate of drug-likeness (QED) is 0.704. The van der Waals surface area contributed by atoms with Crippen LogP contribution in [0.15, 0.2) is 40.9 Å². The topological polar surface area (TPSA) is 24.1 Å². The zero-order chi connectivity index (χ0) is 14.7. The van der Waals surface area contributed by atoms with Gasteiger partial charge in [0.1, 0.15) is 11.6 Å². The van der Waals surface area contributed by atoms with Crippen LogP contribution in [0.3, 0.4) is 0 Å². The van der Waals surface area contributed by atoms with Crippen molar-refractivity contribution >= 4 is 56.2 Å². The van der Waals surface area contributed by atoms with Crippen LogP contribution in [0.1, 0.15) is 0 Å². The fourth-order valence-corrected chi connectivity index (χ4v) is 2.19. The summed E-state index contributed by atoms with van der Waals surface area (Å²) in [5.74, 6) is -0.962. The Hall–Kier alpha value is -1.24. The Morgan fingerprint density at radius 2 is 1.80 bits per heavy atom. The van der Waals surface area contributed by atoms with Gasteiger partial charge < -0.3 is 10.6 Å². The summed E-state index contributed by atoms with van der Waals surface area (Å²) in [7, 11) is 0. The maximum absolute atomic E-state index is 13.6. The van der Waals surface area contributed by atoms with Gasteiger partial charge in [0.05, 0.1) is 10.7 Å². The summed E-state index contributed by atoms with van der Waals surface area (Å²) in [6.07, 6.45) is 0. The first-order valence-electron chi connectivity index (χ1n) is 5.44. The monoisotopic (exact) mass is 376 g/mol. The fraction of sp³-hybridized carbons (Fsp3) is 0. The number of benzene rings is 2. The van der Waals surface area contributed by atoms with Crippen molar-refractivity contribution in [2.45, 2.75) is 0 Å². The average molecular weight is 378 g/mol. The summed E-state index contributed by atoms with van der Waals surface area (Å²) in [6.45, 7) is 0. The molecule has 7 heteroatoms. The van der Waals surface area contributed by atoms with Crippen molar-refractivity contribution in [2.75, 3.05) is 10.6 Å². The summed E-state index contributed by atoms with van der Waals surface area (Å²) in [6, 6.07) is 8.64. The summed E-state index contributed by atoms with van der Waals surface area (Å²) >= 11 is 13.9. The maximum Gasteiger partial charge on any atom is 0.175 e. The molecule has 2 rings (SSSR count). The minimum absolute atomic E-state index is 0.0207. The first-order chi connectivity index (χ1) is 9.45. The minimum atomic E-state index is -0.518. The molecule has 2 aromatic rings. The van der Waals surface area contributed by atoms with Crippen molar-refractivity contribution < 1.29 is 8.78 Å². The van der Waals surface area contributed by atoms with Crippen molar-refractivity contribution in [3.05, 3.63) is 57.5 Å². The van der Waals surface area contributed by atoms with Crippen molar-refractivity contribution in [1.82, 2.24) is 0 Å². The highest BCUT2D eigenvalue weighted by molar-refractivity contribution is 9.10. The van der Waals surface area contributed by atoms with Crippen LogP contribution in [0.5, 0.6) is 0 Å². The van der Waals surface area contributed by atoms with Crippen LogP contribution >= 0.6 is 39.7 Å². The molecule has 104 valence electrons. The Morgan fingerprint density at radius 1 is 1.05 bits per heavy atom. The lowest BCUT2D eigenvalue weighted by Gasteiger charge is -2.11. The number of rotatable bonds is 2. The lowest BCUT2D eigenvalue weighted by Crippen LogP contribution is -2.19. The Balaban J connectivity index is 2.07. The molecule has 0 radical (unpaired) electrons. The van der Waals surface area contributed by atoms with Gasteiger partial charge in [0, 0.05) is 10.2 Å². The SMILES string of the molecule is Fc1ccc(NC(=S)Nc2ccc(Br)cc2F)cc1Cl. The molecule has 2 aromatic carbocycles. The molecule has 2 nitrogen and oxygen atoms in total. The molecule has 0 aliphatic heterocycles. The Kier molecular flexibility index (Phi) is 4.91. The van der Waals surface area contributed by atoms with Gasteiger partial charge in [-0.3, -0.25) is 0 Å². The van der Waals surface area contributed by atoms with E-state index in [-0.39, 0.29) is 15.8 Å². The van der Waals surface area contributed by atoms with Gasteiger partial charge in [-0.1, -0.05) is 27.5 Å². The second-order valence-corrected chi connectivity index (χ2v) is 5.56. The molecule has 20 heavy (non-hydrogen) atoms. The Morgan fingerprint density at radius 3 is 2.45 bits per heavy atom. The van der Waals surface area contributed by atoms with Crippen molar-refractivity contribution in [2.24, 2.45) is 0 Å². The van der Waals surface area contributed by atoms with Crippen LogP contribution in [-0.4, -0.2) is 5.11 Å². The standard InChI is InChI=1S/C13H8BrClF2N2S/c14-7-1-4-12(11(17)5-7)19-13(20)18-8-2-3-10(16)9(15)6-8/h1-6H,(H2,18,19,20). The molecule has 0 unspecified atom stereocenters. The Bertz CT molecular complexity index is 667. The summed E-state index contributed by atoms with van der Waals surface area (Å²) in [4.78, 5) is 0. The van der Waals surface area contributed by atoms with Gasteiger partial charge >= 0.3 is 0 Å². The van der Waals surface area contributed by atoms with Gasteiger partial charge in [-0.2, -0.15) is 0 Å². The smallest absolute Gasteiger partial charge is 0.175 e. The normalized spacial score (nSPS) is 10.2. The number of halogens is 4. The lowest BCUT2D eigenvalue weighted by molar-refractivity contribution is 0.628. The van der Waals surface area contributed by atoms with Crippen LogP contribution in [0.25, 0.3) is 0 Å². The molecule has 0 aliphatic carbocycles. The van der Waals surface area contributed by atoms with Crippen LogP contribution in [0.4, 0.5) is 20.2 Å². The summed E-state index contributed by atoms with van der Waals surface area (Å²) < 4.78 is 27.3. The van der Waals surface area contributed by atoms with Crippen molar-refractivity contribution in [1.29, 1.82) is 0 Å². The number of thiocarbonyl (C=S) groups is 1. The molecular formula is C13H8BrClF2N2S. The van der Waals surface area contributed by atoms with E-state index in [1.165, 1.54) is 24.3 Å². The van der Waals surface area contributed by atoms with E-state index in [2.05, 4.69) is 26.6 Å². The van der Waals surface area contributed by atoms with Crippen molar-refractivity contribution in [3.63, 3.8) is 0 Å². The molecule has 2 N–H and O–H groups in total. The summed E-state index contributed by atoms with van der Waals surface area (Å²) in [5.41, 5.74) is 0.741. The van der Waals surface area contributed by atoms with Gasteiger partial charge in [-0.15, -0.1) is 0 Å². The third-order valence-corrected chi connectivity index (χ3v) is 3.34. The van der Waals surface area contributed by atoms with E-state index in [1.807, 2.05) is 0 Å². The van der Waals surface area contributed by atoms with Gasteiger partial charge in [0.15, 0.2) is 5.11 Å². The third kappa shape index (κ3) is 3.88. The molecule has 0 atom stereocenters. The number of anilines is 2. The van der Waals surface area contributed by atoms with E-state index in [4.69, 9.17) is 23.8 Å². The van der Waals surface area contributed by atoms with E-state index in [0.29, 0.717) is 10.2 Å². The van der Waals surface area contributed by atoms with Crippen LogP contribution in [0, 0.1) is 11.6 Å². The Labute approximate surface area is 133 Å². The van der Waals surface area contributed by atoms with E-state index in [0.717, 1.165) is 0 Å². The van der Waals surface area contributed by atoms with Gasteiger partial charge in [-0.05, 0) is 48.6 Å². The number of hydrogen-bond donors (Lipinski definition) is 2. The zero-order valence-corrected chi connectivity index (χ0v) is 13.0. The van der Waals surface area contributed by atoms with E-state index < -0.39 is 11.6 Å². The molecule has 0 heterocycles. The zero-order valence-electron chi connectivity index (χ0n) is 9.88. The largest absolute Gasteiger partial charge is 0.332 e. The summed E-state index contributed by atoms with van der Waals surface area (Å²) in [5, 5.41) is 5.65. The average Bonchev–Trinajstić information content (AvgIpc) is 2.37. The molecule has 0 saturated carbocycles. The van der Waals surface area contributed by atoms with Crippen molar-refractivity contribution in [3.8, 4) is 0 Å². The highest BCUT2D eigenvalue weighted by Crippen LogP contribution is 2.21. The molecule has 0 bridgehead atoms. The highest BCUT2D eigenvalue weighted by atomic mass is 79.9. The highest BCUT2D eigenvalue weighted by Gasteiger charge is 2.06. The third-order valence-electron chi connectivity index (χ3n) is 2.36. The van der Waals surface area contributed by atoms with E-state index >= 15 is 0 Å². The van der Waals surface area contributed by atoms with Crippen LogP contribution in [-0.2, 0) is 0 Å². The predicted molar refractivity (Wildman–Crippen MR) is 85.4 cm³/mol. The fourth-order valence-electron chi connectivity index (χ4n) is 1.45. The van der Waals surface area contributed by atoms with Crippen LogP contribution in [0.2, 0.25) is 5.02 Å². The molecule has 0 amide bonds. The maximum atomic E-state index is 13.6. The van der Waals surface area contributed by atoms with Gasteiger partial charge in [0.2, 0.25) is 0 Å². The molecule has 0 fully saturated rings. The van der Waals surface area contributed by atoms with E-state index in [9.17, 15) is 8.78 Å². The van der Waals surface area contributed by atoms with Gasteiger partial charge in [-0.25, -0.2) is 8.78 Å². The number of nitrogens with one attached hydrogen (secondary N) is 2. The minimum Gasteiger partial charge on any atom is -0.332 e. The second-order valence-electron chi connectivity index (χ2n) is 3.83. The predicted octanol–water partition coefficient (Wildman–Crippen LogP) is 5.19. The van der Waals surface area contributed by atoms with Gasteiger partial charge in [0.25, 0.3) is 0 Å². The molecule has 0 saturated heterocycles. The van der Waals surface area contributed by atoms with Crippen LogP contribution < -0.4 is 10.6 Å². The first kappa shape index (κ1) is 15.2. The van der Waals surface area contributed by atoms with E-state index in [1.54, 1.807) is 12.1 Å².